The molecule has 0 bridgehead atoms. The molecule has 4 heteroatoms. The van der Waals surface area contributed by atoms with Crippen molar-refractivity contribution >= 4 is 11.8 Å². The Hall–Kier alpha value is -1.84. The Balaban J connectivity index is 1.78. The first-order chi connectivity index (χ1) is 10.1. The van der Waals surface area contributed by atoms with Gasteiger partial charge in [-0.3, -0.25) is 4.79 Å². The lowest BCUT2D eigenvalue weighted by Crippen LogP contribution is -2.46. The molecule has 1 unspecified atom stereocenters. The Morgan fingerprint density at radius 1 is 1.19 bits per heavy atom. The predicted molar refractivity (Wildman–Crippen MR) is 81.5 cm³/mol. The third kappa shape index (κ3) is 2.94. The molecule has 21 heavy (non-hydrogen) atoms. The summed E-state index contributed by atoms with van der Waals surface area (Å²) in [4.78, 5) is 26.8. The summed E-state index contributed by atoms with van der Waals surface area (Å²) in [5, 5.41) is 2.99. The molecule has 112 valence electrons. The van der Waals surface area contributed by atoms with E-state index < -0.39 is 0 Å². The maximum absolute atomic E-state index is 12.8. The van der Waals surface area contributed by atoms with Gasteiger partial charge in [-0.05, 0) is 51.2 Å². The monoisotopic (exact) mass is 286 g/mol. The van der Waals surface area contributed by atoms with Crippen LogP contribution in [0.5, 0.6) is 0 Å². The zero-order valence-electron chi connectivity index (χ0n) is 12.7. The highest BCUT2D eigenvalue weighted by Gasteiger charge is 2.36. The molecule has 1 N–H and O–H groups in total. The van der Waals surface area contributed by atoms with Gasteiger partial charge in [0, 0.05) is 18.2 Å². The van der Waals surface area contributed by atoms with E-state index in [4.69, 9.17) is 0 Å². The van der Waals surface area contributed by atoms with E-state index in [2.05, 4.69) is 5.32 Å². The number of hydrogen-bond donors (Lipinski definition) is 1. The molecule has 1 heterocycles. The third-order valence-corrected chi connectivity index (χ3v) is 4.38. The van der Waals surface area contributed by atoms with Gasteiger partial charge in [0.2, 0.25) is 0 Å². The number of carbonyl (C=O) groups is 2. The molecule has 2 aliphatic rings. The lowest BCUT2D eigenvalue weighted by molar-refractivity contribution is 0.0886. The fraction of sp³-hybridized carbons (Fsp3) is 0.529. The average molecular weight is 286 g/mol. The van der Waals surface area contributed by atoms with Crippen molar-refractivity contribution in [3.8, 4) is 0 Å². The van der Waals surface area contributed by atoms with Gasteiger partial charge in [0.1, 0.15) is 0 Å². The van der Waals surface area contributed by atoms with Crippen molar-refractivity contribution in [2.24, 2.45) is 0 Å². The van der Waals surface area contributed by atoms with Crippen molar-refractivity contribution in [3.63, 3.8) is 0 Å². The Kier molecular flexibility index (Phi) is 3.70. The highest BCUT2D eigenvalue weighted by atomic mass is 16.2. The Bertz CT molecular complexity index is 578. The van der Waals surface area contributed by atoms with Gasteiger partial charge < -0.3 is 10.2 Å². The largest absolute Gasteiger partial charge is 0.335 e. The van der Waals surface area contributed by atoms with E-state index in [1.165, 1.54) is 0 Å². The molecule has 1 atom stereocenters. The molecular weight excluding hydrogens is 264 g/mol. The van der Waals surface area contributed by atoms with Crippen LogP contribution in [0.2, 0.25) is 0 Å². The minimum absolute atomic E-state index is 0.0707. The summed E-state index contributed by atoms with van der Waals surface area (Å²) in [6.45, 7) is 4.62. The molecule has 1 aromatic carbocycles. The number of Topliss-reactive ketones (excluding diaryl/α,β-unsaturated/α-hetero) is 1. The van der Waals surface area contributed by atoms with Crippen LogP contribution in [0.4, 0.5) is 4.79 Å². The second-order valence-electron chi connectivity index (χ2n) is 6.26. The molecule has 2 fully saturated rings. The molecule has 4 nitrogen and oxygen atoms in total. The molecule has 0 spiro atoms. The van der Waals surface area contributed by atoms with Crippen LogP contribution in [0.1, 0.15) is 47.2 Å². The normalized spacial score (nSPS) is 21.4. The summed E-state index contributed by atoms with van der Waals surface area (Å²) in [5.41, 5.74) is 2.82. The van der Waals surface area contributed by atoms with E-state index in [-0.39, 0.29) is 17.9 Å². The molecule has 1 saturated carbocycles. The van der Waals surface area contributed by atoms with Crippen LogP contribution in [-0.2, 0) is 0 Å². The highest BCUT2D eigenvalue weighted by molar-refractivity contribution is 6.03. The van der Waals surface area contributed by atoms with Crippen molar-refractivity contribution in [2.75, 3.05) is 6.54 Å². The number of nitrogens with zero attached hydrogens (tertiary/aromatic N) is 1. The number of aryl methyl sites for hydroxylation is 2. The second kappa shape index (κ2) is 5.51. The molecule has 1 aliphatic carbocycles. The summed E-state index contributed by atoms with van der Waals surface area (Å²) in [5.74, 6) is 0.0830. The first kappa shape index (κ1) is 14.1. The topological polar surface area (TPSA) is 49.4 Å². The number of amides is 2. The summed E-state index contributed by atoms with van der Waals surface area (Å²) in [7, 11) is 0. The first-order valence-corrected chi connectivity index (χ1v) is 7.75. The highest BCUT2D eigenvalue weighted by Crippen LogP contribution is 2.25. The van der Waals surface area contributed by atoms with Crippen LogP contribution in [0.25, 0.3) is 0 Å². The van der Waals surface area contributed by atoms with Gasteiger partial charge in [-0.1, -0.05) is 17.7 Å². The van der Waals surface area contributed by atoms with E-state index in [1.54, 1.807) is 4.90 Å². The zero-order chi connectivity index (χ0) is 15.0. The van der Waals surface area contributed by atoms with Crippen LogP contribution in [0, 0.1) is 13.8 Å². The van der Waals surface area contributed by atoms with Crippen LogP contribution < -0.4 is 5.32 Å². The second-order valence-corrected chi connectivity index (χ2v) is 6.26. The third-order valence-electron chi connectivity index (χ3n) is 4.38. The number of nitrogens with one attached hydrogen (secondary N) is 1. The van der Waals surface area contributed by atoms with E-state index in [0.29, 0.717) is 12.6 Å². The molecule has 1 aromatic rings. The summed E-state index contributed by atoms with van der Waals surface area (Å²) in [6.07, 6.45) is 3.80. The van der Waals surface area contributed by atoms with Gasteiger partial charge in [0.25, 0.3) is 0 Å². The van der Waals surface area contributed by atoms with Gasteiger partial charge in [-0.15, -0.1) is 0 Å². The maximum Gasteiger partial charge on any atom is 0.318 e. The number of rotatable bonds is 3. The van der Waals surface area contributed by atoms with Crippen molar-refractivity contribution < 1.29 is 9.59 Å². The van der Waals surface area contributed by atoms with E-state index in [0.717, 1.165) is 42.4 Å². The smallest absolute Gasteiger partial charge is 0.318 e. The van der Waals surface area contributed by atoms with Crippen LogP contribution in [0.15, 0.2) is 18.2 Å². The minimum Gasteiger partial charge on any atom is -0.335 e. The number of urea groups is 1. The number of ketones is 1. The molecule has 1 aliphatic heterocycles. The lowest BCUT2D eigenvalue weighted by atomic mass is 9.96. The summed E-state index contributed by atoms with van der Waals surface area (Å²) >= 11 is 0. The first-order valence-electron chi connectivity index (χ1n) is 7.75. The predicted octanol–water partition coefficient (Wildman–Crippen LogP) is 2.82. The fourth-order valence-electron chi connectivity index (χ4n) is 2.95. The maximum atomic E-state index is 12.8. The molecular formula is C17H22N2O2. The van der Waals surface area contributed by atoms with Crippen molar-refractivity contribution in [2.45, 2.75) is 51.6 Å². The summed E-state index contributed by atoms with van der Waals surface area (Å²) in [6, 6.07) is 5.88. The molecule has 0 aromatic heterocycles. The lowest BCUT2D eigenvalue weighted by Gasteiger charge is -2.24. The number of benzene rings is 1. The van der Waals surface area contributed by atoms with Crippen LogP contribution >= 0.6 is 0 Å². The van der Waals surface area contributed by atoms with Gasteiger partial charge in [-0.2, -0.15) is 0 Å². The molecule has 3 rings (SSSR count). The van der Waals surface area contributed by atoms with Gasteiger partial charge in [0.15, 0.2) is 5.78 Å². The number of carbonyl (C=O) groups excluding carboxylic acids is 2. The Labute approximate surface area is 125 Å². The van der Waals surface area contributed by atoms with Crippen LogP contribution in [-0.4, -0.2) is 35.3 Å². The SMILES string of the molecule is Cc1ccc(C)c(C(=O)C2CCCN2C(=O)NC2CC2)c1. The standard InChI is InChI=1S/C17H22N2O2/c1-11-5-6-12(2)14(10-11)16(20)15-4-3-9-19(15)17(21)18-13-7-8-13/h5-6,10,13,15H,3-4,7-9H2,1-2H3,(H,18,21). The molecule has 1 saturated heterocycles. The van der Waals surface area contributed by atoms with E-state index in [1.807, 2.05) is 32.0 Å². The van der Waals surface area contributed by atoms with Crippen molar-refractivity contribution in [1.29, 1.82) is 0 Å². The van der Waals surface area contributed by atoms with Gasteiger partial charge in [-0.25, -0.2) is 4.79 Å². The fourth-order valence-corrected chi connectivity index (χ4v) is 2.95. The molecule has 0 radical (unpaired) electrons. The van der Waals surface area contributed by atoms with Crippen molar-refractivity contribution in [3.05, 3.63) is 34.9 Å². The van der Waals surface area contributed by atoms with Gasteiger partial charge >= 0.3 is 6.03 Å². The summed E-state index contributed by atoms with van der Waals surface area (Å²) < 4.78 is 0. The quantitative estimate of drug-likeness (QED) is 0.869. The Morgan fingerprint density at radius 3 is 2.67 bits per heavy atom. The zero-order valence-corrected chi connectivity index (χ0v) is 12.7. The Morgan fingerprint density at radius 2 is 1.95 bits per heavy atom. The average Bonchev–Trinajstić information content (AvgIpc) is 3.13. The van der Waals surface area contributed by atoms with Crippen molar-refractivity contribution in [1.82, 2.24) is 10.2 Å². The molecule has 2 amide bonds. The van der Waals surface area contributed by atoms with Gasteiger partial charge in [0.05, 0.1) is 6.04 Å². The van der Waals surface area contributed by atoms with Crippen LogP contribution in [0.3, 0.4) is 0 Å². The van der Waals surface area contributed by atoms with E-state index >= 15 is 0 Å². The van der Waals surface area contributed by atoms with E-state index in [9.17, 15) is 9.59 Å². The number of likely N-dealkylation sites (tertiary alicyclic amines) is 1. The minimum atomic E-state index is -0.302. The number of hydrogen-bond acceptors (Lipinski definition) is 2.